The largest absolute Gasteiger partial charge is 0.298 e. The van der Waals surface area contributed by atoms with Crippen LogP contribution in [0.15, 0.2) is 24.3 Å². The molecule has 0 amide bonds. The van der Waals surface area contributed by atoms with Crippen LogP contribution in [-0.2, 0) is 28.1 Å². The highest BCUT2D eigenvalue weighted by molar-refractivity contribution is 7.92. The fraction of sp³-hybridized carbons (Fsp3) is 0.385. The van der Waals surface area contributed by atoms with Gasteiger partial charge in [-0.3, -0.25) is 9.48 Å². The van der Waals surface area contributed by atoms with Crippen molar-refractivity contribution >= 4 is 26.5 Å². The van der Waals surface area contributed by atoms with E-state index in [-0.39, 0.29) is 12.2 Å². The van der Waals surface area contributed by atoms with E-state index in [1.807, 2.05) is 24.3 Å². The van der Waals surface area contributed by atoms with Crippen molar-refractivity contribution < 1.29 is 13.2 Å². The normalized spacial score (nSPS) is 13.6. The van der Waals surface area contributed by atoms with Crippen molar-refractivity contribution in [2.75, 3.05) is 6.26 Å². The van der Waals surface area contributed by atoms with Crippen LogP contribution < -0.4 is 0 Å². The number of hydrogen-bond donors (Lipinski definition) is 0. The maximum atomic E-state index is 12.0. The number of carbonyl (C=O) groups excluding carboxylic acids is 1. The molecule has 0 bridgehead atoms. The number of aryl methyl sites for hydroxylation is 1. The third-order valence-electron chi connectivity index (χ3n) is 3.27. The van der Waals surface area contributed by atoms with Crippen LogP contribution in [0.2, 0.25) is 0 Å². The minimum Gasteiger partial charge on any atom is -0.298 e. The Bertz CT molecular complexity index is 731. The van der Waals surface area contributed by atoms with Crippen LogP contribution in [-0.4, -0.2) is 35.5 Å². The number of hydrogen-bond acceptors (Lipinski definition) is 4. The molecule has 2 rings (SSSR count). The van der Waals surface area contributed by atoms with E-state index in [1.165, 1.54) is 6.92 Å². The molecule has 2 aromatic rings. The summed E-state index contributed by atoms with van der Waals surface area (Å²) in [5.41, 5.74) is 1.55. The van der Waals surface area contributed by atoms with Gasteiger partial charge in [0.15, 0.2) is 15.6 Å². The van der Waals surface area contributed by atoms with Crippen LogP contribution in [0.4, 0.5) is 0 Å². The van der Waals surface area contributed by atoms with Gasteiger partial charge in [-0.1, -0.05) is 18.2 Å². The lowest BCUT2D eigenvalue weighted by Gasteiger charge is -2.06. The summed E-state index contributed by atoms with van der Waals surface area (Å²) in [7, 11) is -1.55. The van der Waals surface area contributed by atoms with Gasteiger partial charge >= 0.3 is 0 Å². The molecule has 0 fully saturated rings. The second-order valence-electron chi connectivity index (χ2n) is 4.70. The molecule has 1 unspecified atom stereocenters. The molecule has 6 heteroatoms. The zero-order chi connectivity index (χ0) is 14.2. The first-order chi connectivity index (χ1) is 8.80. The monoisotopic (exact) mass is 280 g/mol. The maximum Gasteiger partial charge on any atom is 0.157 e. The van der Waals surface area contributed by atoms with Gasteiger partial charge < -0.3 is 0 Å². The van der Waals surface area contributed by atoms with Crippen LogP contribution in [0.3, 0.4) is 0 Å². The van der Waals surface area contributed by atoms with Gasteiger partial charge in [-0.25, -0.2) is 8.42 Å². The predicted octanol–water partition coefficient (Wildman–Crippen LogP) is 1.12. The lowest BCUT2D eigenvalue weighted by atomic mass is 10.1. The van der Waals surface area contributed by atoms with Gasteiger partial charge in [0.2, 0.25) is 0 Å². The van der Waals surface area contributed by atoms with Gasteiger partial charge in [-0.15, -0.1) is 0 Å². The zero-order valence-electron chi connectivity index (χ0n) is 11.1. The summed E-state index contributed by atoms with van der Waals surface area (Å²) in [6, 6.07) is 7.57. The topological polar surface area (TPSA) is 69.0 Å². The molecule has 0 saturated heterocycles. The molecule has 19 heavy (non-hydrogen) atoms. The van der Waals surface area contributed by atoms with Gasteiger partial charge in [0.25, 0.3) is 0 Å². The Kier molecular flexibility index (Phi) is 3.45. The fourth-order valence-electron chi connectivity index (χ4n) is 1.97. The van der Waals surface area contributed by atoms with Crippen molar-refractivity contribution in [3.05, 3.63) is 30.0 Å². The lowest BCUT2D eigenvalue weighted by Crippen LogP contribution is -2.27. The molecular formula is C13H16N2O3S. The number of Topliss-reactive ketones (excluding diaryl/α,β-unsaturated/α-hetero) is 1. The lowest BCUT2D eigenvalue weighted by molar-refractivity contribution is -0.117. The van der Waals surface area contributed by atoms with Crippen molar-refractivity contribution in [2.24, 2.45) is 7.05 Å². The third kappa shape index (κ3) is 2.68. The van der Waals surface area contributed by atoms with Gasteiger partial charge in [-0.2, -0.15) is 5.10 Å². The van der Waals surface area contributed by atoms with Gasteiger partial charge in [0, 0.05) is 18.7 Å². The molecule has 5 nitrogen and oxygen atoms in total. The van der Waals surface area contributed by atoms with Crippen LogP contribution >= 0.6 is 0 Å². The number of fused-ring (bicyclic) bond motifs is 1. The highest BCUT2D eigenvalue weighted by Crippen LogP contribution is 2.18. The number of sulfone groups is 1. The van der Waals surface area contributed by atoms with E-state index >= 15 is 0 Å². The van der Waals surface area contributed by atoms with Gasteiger partial charge in [0.1, 0.15) is 5.25 Å². The molecule has 0 saturated carbocycles. The van der Waals surface area contributed by atoms with E-state index in [9.17, 15) is 13.2 Å². The number of ketones is 1. The van der Waals surface area contributed by atoms with Crippen molar-refractivity contribution in [3.8, 4) is 0 Å². The first kappa shape index (κ1) is 13.7. The second-order valence-corrected chi connectivity index (χ2v) is 7.07. The number of carbonyl (C=O) groups is 1. The Balaban J connectivity index is 2.35. The van der Waals surface area contributed by atoms with Gasteiger partial charge in [0.05, 0.1) is 17.6 Å². The van der Waals surface area contributed by atoms with E-state index < -0.39 is 15.1 Å². The Hall–Kier alpha value is -1.69. The van der Waals surface area contributed by atoms with Gasteiger partial charge in [-0.05, 0) is 13.0 Å². The van der Waals surface area contributed by atoms with Crippen LogP contribution in [0.1, 0.15) is 12.6 Å². The number of aromatic nitrogens is 2. The Labute approximate surface area is 112 Å². The summed E-state index contributed by atoms with van der Waals surface area (Å²) in [6.45, 7) is 1.42. The van der Waals surface area contributed by atoms with E-state index in [0.29, 0.717) is 5.69 Å². The molecular weight excluding hydrogens is 264 g/mol. The van der Waals surface area contributed by atoms with Crippen molar-refractivity contribution in [3.63, 3.8) is 0 Å². The average Bonchev–Trinajstić information content (AvgIpc) is 2.65. The van der Waals surface area contributed by atoms with E-state index in [4.69, 9.17) is 0 Å². The number of nitrogens with zero attached hydrogens (tertiary/aromatic N) is 2. The predicted molar refractivity (Wildman–Crippen MR) is 73.7 cm³/mol. The number of para-hydroxylation sites is 1. The summed E-state index contributed by atoms with van der Waals surface area (Å²) in [5, 5.41) is 4.19. The van der Waals surface area contributed by atoms with E-state index in [0.717, 1.165) is 17.2 Å². The highest BCUT2D eigenvalue weighted by atomic mass is 32.2. The summed E-state index contributed by atoms with van der Waals surface area (Å²) in [6.07, 6.45) is 1.11. The van der Waals surface area contributed by atoms with Crippen molar-refractivity contribution in [1.29, 1.82) is 0 Å². The maximum absolute atomic E-state index is 12.0. The van der Waals surface area contributed by atoms with Crippen molar-refractivity contribution in [1.82, 2.24) is 9.78 Å². The molecule has 0 aliphatic rings. The molecule has 102 valence electrons. The first-order valence-electron chi connectivity index (χ1n) is 5.93. The quantitative estimate of drug-likeness (QED) is 0.841. The summed E-state index contributed by atoms with van der Waals surface area (Å²) in [5.74, 6) is -0.327. The Morgan fingerprint density at radius 3 is 2.63 bits per heavy atom. The average molecular weight is 280 g/mol. The molecule has 0 N–H and O–H groups in total. The minimum atomic E-state index is -3.35. The first-order valence-corrected chi connectivity index (χ1v) is 7.88. The molecule has 0 spiro atoms. The number of benzene rings is 1. The van der Waals surface area contributed by atoms with E-state index in [2.05, 4.69) is 5.10 Å². The SMILES string of the molecule is CC(C(=O)Cc1nn(C)c2ccccc12)S(C)(=O)=O. The number of rotatable bonds is 4. The Morgan fingerprint density at radius 1 is 1.37 bits per heavy atom. The standard InChI is InChI=1S/C13H16N2O3S/c1-9(19(3,17)18)13(16)8-11-10-6-4-5-7-12(10)15(2)14-11/h4-7,9H,8H2,1-3H3. The van der Waals surface area contributed by atoms with Crippen LogP contribution in [0, 0.1) is 0 Å². The highest BCUT2D eigenvalue weighted by Gasteiger charge is 2.25. The molecule has 0 aliphatic heterocycles. The van der Waals surface area contributed by atoms with Crippen LogP contribution in [0.25, 0.3) is 10.9 Å². The molecule has 1 atom stereocenters. The molecule has 1 aromatic carbocycles. The second kappa shape index (κ2) is 4.77. The third-order valence-corrected chi connectivity index (χ3v) is 4.82. The molecule has 1 heterocycles. The van der Waals surface area contributed by atoms with E-state index in [1.54, 1.807) is 11.7 Å². The Morgan fingerprint density at radius 2 is 2.00 bits per heavy atom. The minimum absolute atomic E-state index is 0.0373. The summed E-state index contributed by atoms with van der Waals surface area (Å²) >= 11 is 0. The van der Waals surface area contributed by atoms with Crippen LogP contribution in [0.5, 0.6) is 0 Å². The summed E-state index contributed by atoms with van der Waals surface area (Å²) in [4.78, 5) is 12.0. The molecule has 1 aromatic heterocycles. The fourth-order valence-corrected chi connectivity index (χ4v) is 2.53. The molecule has 0 aliphatic carbocycles. The summed E-state index contributed by atoms with van der Waals surface area (Å²) < 4.78 is 24.5. The smallest absolute Gasteiger partial charge is 0.157 e. The molecule has 0 radical (unpaired) electrons. The van der Waals surface area contributed by atoms with Crippen molar-refractivity contribution in [2.45, 2.75) is 18.6 Å². The zero-order valence-corrected chi connectivity index (χ0v) is 11.9.